The van der Waals surface area contributed by atoms with Crippen molar-refractivity contribution in [3.63, 3.8) is 0 Å². The molecule has 0 aliphatic carbocycles. The number of halogens is 2. The van der Waals surface area contributed by atoms with Gasteiger partial charge in [-0.05, 0) is 29.8 Å². The molecule has 0 spiro atoms. The monoisotopic (exact) mass is 348 g/mol. The fraction of sp³-hybridized carbons (Fsp3) is 0.118. The summed E-state index contributed by atoms with van der Waals surface area (Å²) in [4.78, 5) is 34.8. The molecule has 0 heterocycles. The highest BCUT2D eigenvalue weighted by Gasteiger charge is 2.13. The van der Waals surface area contributed by atoms with Crippen molar-refractivity contribution in [1.82, 2.24) is 10.9 Å². The molecular weight excluding hydrogens is 334 g/mol. The van der Waals surface area contributed by atoms with Gasteiger partial charge in [-0.25, -0.2) is 13.6 Å². The van der Waals surface area contributed by atoms with E-state index in [9.17, 15) is 23.2 Å². The number of ether oxygens (including phenoxy) is 1. The topological polar surface area (TPSA) is 84.5 Å². The van der Waals surface area contributed by atoms with E-state index in [0.29, 0.717) is 17.2 Å². The lowest BCUT2D eigenvalue weighted by molar-refractivity contribution is -0.121. The van der Waals surface area contributed by atoms with Gasteiger partial charge in [0.2, 0.25) is 5.91 Å². The summed E-state index contributed by atoms with van der Waals surface area (Å²) >= 11 is 0. The Bertz CT molecular complexity index is 807. The maximum absolute atomic E-state index is 13.5. The van der Waals surface area contributed by atoms with Crippen LogP contribution in [-0.4, -0.2) is 24.9 Å². The van der Waals surface area contributed by atoms with Crippen LogP contribution >= 0.6 is 0 Å². The van der Waals surface area contributed by atoms with E-state index in [2.05, 4.69) is 10.2 Å². The molecule has 0 radical (unpaired) electrons. The number of methoxy groups -OCH3 is 1. The zero-order chi connectivity index (χ0) is 18.4. The summed E-state index contributed by atoms with van der Waals surface area (Å²) in [6.07, 6.45) is -0.0758. The van der Waals surface area contributed by atoms with Gasteiger partial charge < -0.3 is 4.74 Å². The van der Waals surface area contributed by atoms with Gasteiger partial charge >= 0.3 is 5.97 Å². The van der Waals surface area contributed by atoms with Crippen LogP contribution in [0.4, 0.5) is 8.78 Å². The highest BCUT2D eigenvalue weighted by molar-refractivity contribution is 5.95. The molecule has 0 saturated carbocycles. The van der Waals surface area contributed by atoms with Crippen molar-refractivity contribution in [2.75, 3.05) is 7.11 Å². The van der Waals surface area contributed by atoms with Gasteiger partial charge in [0.15, 0.2) is 0 Å². The van der Waals surface area contributed by atoms with Crippen molar-refractivity contribution in [2.45, 2.75) is 6.42 Å². The van der Waals surface area contributed by atoms with Gasteiger partial charge in [0.1, 0.15) is 11.6 Å². The summed E-state index contributed by atoms with van der Waals surface area (Å²) in [6.45, 7) is 0. The Labute approximate surface area is 141 Å². The van der Waals surface area contributed by atoms with Gasteiger partial charge in [-0.1, -0.05) is 12.1 Å². The molecule has 0 aliphatic heterocycles. The molecule has 2 amide bonds. The molecule has 0 aromatic heterocycles. The molecule has 8 heteroatoms. The first-order chi connectivity index (χ1) is 11.9. The maximum atomic E-state index is 13.5. The van der Waals surface area contributed by atoms with Crippen LogP contribution in [0.15, 0.2) is 42.5 Å². The minimum Gasteiger partial charge on any atom is -0.465 e. The molecule has 0 aliphatic rings. The molecule has 0 bridgehead atoms. The third-order valence-electron chi connectivity index (χ3n) is 3.23. The minimum atomic E-state index is -1.04. The van der Waals surface area contributed by atoms with E-state index in [1.54, 1.807) is 12.1 Å². The molecular formula is C17H14F2N2O4. The summed E-state index contributed by atoms with van der Waals surface area (Å²) < 4.78 is 30.8. The van der Waals surface area contributed by atoms with Gasteiger partial charge in [-0.2, -0.15) is 0 Å². The Morgan fingerprint density at radius 1 is 1.00 bits per heavy atom. The molecule has 130 valence electrons. The second kappa shape index (κ2) is 8.00. The predicted octanol–water partition coefficient (Wildman–Crippen LogP) is 1.76. The first-order valence-electron chi connectivity index (χ1n) is 7.12. The fourth-order valence-corrected chi connectivity index (χ4v) is 1.97. The molecule has 6 nitrogen and oxygen atoms in total. The standard InChI is InChI=1S/C17H14F2N2O4/c1-25-17(24)11-4-2-10(3-5-11)8-15(22)20-21-16(23)13-7-6-12(18)9-14(13)19/h2-7,9H,8H2,1H3,(H,20,22)(H,21,23). The molecule has 2 aromatic rings. The Kier molecular flexibility index (Phi) is 5.78. The third kappa shape index (κ3) is 4.84. The highest BCUT2D eigenvalue weighted by Crippen LogP contribution is 2.09. The van der Waals surface area contributed by atoms with Crippen LogP contribution in [0.1, 0.15) is 26.3 Å². The van der Waals surface area contributed by atoms with E-state index in [0.717, 1.165) is 12.1 Å². The minimum absolute atomic E-state index is 0.0758. The average molecular weight is 348 g/mol. The number of amides is 2. The average Bonchev–Trinajstić information content (AvgIpc) is 2.59. The molecule has 0 saturated heterocycles. The van der Waals surface area contributed by atoms with Crippen molar-refractivity contribution < 1.29 is 27.9 Å². The lowest BCUT2D eigenvalue weighted by Gasteiger charge is -2.08. The van der Waals surface area contributed by atoms with Gasteiger partial charge in [0.25, 0.3) is 5.91 Å². The zero-order valence-corrected chi connectivity index (χ0v) is 13.1. The van der Waals surface area contributed by atoms with Crippen LogP contribution in [0.3, 0.4) is 0 Å². The lowest BCUT2D eigenvalue weighted by Crippen LogP contribution is -2.42. The van der Waals surface area contributed by atoms with Crippen molar-refractivity contribution in [3.8, 4) is 0 Å². The largest absolute Gasteiger partial charge is 0.465 e. The first-order valence-corrected chi connectivity index (χ1v) is 7.12. The summed E-state index contributed by atoms with van der Waals surface area (Å²) in [5.41, 5.74) is 4.70. The van der Waals surface area contributed by atoms with Crippen LogP contribution in [0.2, 0.25) is 0 Å². The van der Waals surface area contributed by atoms with E-state index in [-0.39, 0.29) is 6.42 Å². The van der Waals surface area contributed by atoms with Crippen molar-refractivity contribution >= 4 is 17.8 Å². The van der Waals surface area contributed by atoms with Gasteiger partial charge in [-0.3, -0.25) is 20.4 Å². The third-order valence-corrected chi connectivity index (χ3v) is 3.23. The van der Waals surface area contributed by atoms with Crippen LogP contribution < -0.4 is 10.9 Å². The Hall–Kier alpha value is -3.29. The Morgan fingerprint density at radius 2 is 1.68 bits per heavy atom. The normalized spacial score (nSPS) is 10.0. The van der Waals surface area contributed by atoms with Crippen LogP contribution in [0, 0.1) is 11.6 Å². The van der Waals surface area contributed by atoms with Gasteiger partial charge in [-0.15, -0.1) is 0 Å². The van der Waals surface area contributed by atoms with E-state index in [4.69, 9.17) is 0 Å². The number of esters is 1. The summed E-state index contributed by atoms with van der Waals surface area (Å²) in [7, 11) is 1.26. The Morgan fingerprint density at radius 3 is 2.28 bits per heavy atom. The fourth-order valence-electron chi connectivity index (χ4n) is 1.97. The number of hydrazine groups is 1. The molecule has 0 fully saturated rings. The number of benzene rings is 2. The molecule has 0 atom stereocenters. The van der Waals surface area contributed by atoms with Gasteiger partial charge in [0, 0.05) is 6.07 Å². The van der Waals surface area contributed by atoms with Crippen LogP contribution in [0.25, 0.3) is 0 Å². The maximum Gasteiger partial charge on any atom is 0.337 e. The lowest BCUT2D eigenvalue weighted by atomic mass is 10.1. The van der Waals surface area contributed by atoms with E-state index in [1.165, 1.54) is 19.2 Å². The number of hydrogen-bond acceptors (Lipinski definition) is 4. The van der Waals surface area contributed by atoms with Crippen LogP contribution in [-0.2, 0) is 16.0 Å². The van der Waals surface area contributed by atoms with E-state index in [1.807, 2.05) is 5.43 Å². The quantitative estimate of drug-likeness (QED) is 0.651. The smallest absolute Gasteiger partial charge is 0.337 e. The number of nitrogens with one attached hydrogen (secondary N) is 2. The summed E-state index contributed by atoms with van der Waals surface area (Å²) in [5, 5.41) is 0. The predicted molar refractivity (Wildman–Crippen MR) is 83.5 cm³/mol. The second-order valence-corrected chi connectivity index (χ2v) is 4.99. The van der Waals surface area contributed by atoms with E-state index < -0.39 is 35.0 Å². The SMILES string of the molecule is COC(=O)c1ccc(CC(=O)NNC(=O)c2ccc(F)cc2F)cc1. The molecule has 2 N–H and O–H groups in total. The Balaban J connectivity index is 1.90. The van der Waals surface area contributed by atoms with Crippen molar-refractivity contribution in [2.24, 2.45) is 0 Å². The number of rotatable bonds is 4. The summed E-state index contributed by atoms with van der Waals surface area (Å²) in [6, 6.07) is 8.60. The van der Waals surface area contributed by atoms with Crippen molar-refractivity contribution in [3.05, 3.63) is 70.8 Å². The molecule has 0 unspecified atom stereocenters. The number of carbonyl (C=O) groups excluding carboxylic acids is 3. The highest BCUT2D eigenvalue weighted by atomic mass is 19.1. The van der Waals surface area contributed by atoms with Crippen LogP contribution in [0.5, 0.6) is 0 Å². The molecule has 25 heavy (non-hydrogen) atoms. The first kappa shape index (κ1) is 18.1. The van der Waals surface area contributed by atoms with E-state index >= 15 is 0 Å². The molecule has 2 rings (SSSR count). The second-order valence-electron chi connectivity index (χ2n) is 4.99. The number of hydrogen-bond donors (Lipinski definition) is 2. The van der Waals surface area contributed by atoms with Gasteiger partial charge in [0.05, 0.1) is 24.7 Å². The number of carbonyl (C=O) groups is 3. The molecule has 2 aromatic carbocycles. The zero-order valence-electron chi connectivity index (χ0n) is 13.1. The van der Waals surface area contributed by atoms with Crippen molar-refractivity contribution in [1.29, 1.82) is 0 Å². The summed E-state index contributed by atoms with van der Waals surface area (Å²) in [5.74, 6) is -3.81.